The number of hydrogen-bond acceptors (Lipinski definition) is 3. The van der Waals surface area contributed by atoms with E-state index in [1.54, 1.807) is 0 Å². The van der Waals surface area contributed by atoms with Crippen LogP contribution in [-0.2, 0) is 14.3 Å². The molecule has 2 fully saturated rings. The number of carboxylic acids is 1. The van der Waals surface area contributed by atoms with Crippen LogP contribution in [0.25, 0.3) is 0 Å². The van der Waals surface area contributed by atoms with E-state index in [0.717, 1.165) is 19.3 Å². The Kier molecular flexibility index (Phi) is 5.59. The van der Waals surface area contributed by atoms with Gasteiger partial charge >= 0.3 is 5.97 Å². The third kappa shape index (κ3) is 3.95. The number of carbonyl (C=O) groups excluding carboxylic acids is 1. The molecule has 0 unspecified atom stereocenters. The Bertz CT molecular complexity index is 744. The lowest BCUT2D eigenvalue weighted by atomic mass is 9.77. The Labute approximate surface area is 168 Å². The van der Waals surface area contributed by atoms with E-state index < -0.39 is 29.5 Å². The van der Waals surface area contributed by atoms with Crippen LogP contribution in [0, 0.1) is 17.3 Å². The third-order valence-corrected chi connectivity index (χ3v) is 6.18. The molecule has 0 saturated carbocycles. The first-order valence-electron chi connectivity index (χ1n) is 10.2. The number of fused-ring (bicyclic) bond motifs is 1. The van der Waals surface area contributed by atoms with Crippen molar-refractivity contribution in [1.82, 2.24) is 4.90 Å². The standard InChI is InChI=1S/C23H33NO4/c1-15(2)7-6-8-16(3)9-11-22(4,5)13-24-14-23-12-10-17(28-23)18(21(26)27)19(23)20(24)25/h7,9-10,12,17-19H,6,8,11,13-14H2,1-5H3,(H,26,27)/b16-9+/t17-,18-,19+,23-/m1/s1. The zero-order valence-electron chi connectivity index (χ0n) is 17.7. The molecule has 5 heteroatoms. The fraction of sp³-hybridized carbons (Fsp3) is 0.652. The molecule has 5 nitrogen and oxygen atoms in total. The van der Waals surface area contributed by atoms with E-state index in [9.17, 15) is 14.7 Å². The number of likely N-dealkylation sites (tertiary alicyclic amines) is 1. The number of rotatable bonds is 8. The molecule has 2 saturated heterocycles. The second kappa shape index (κ2) is 7.51. The van der Waals surface area contributed by atoms with Gasteiger partial charge in [-0.2, -0.15) is 0 Å². The van der Waals surface area contributed by atoms with Crippen LogP contribution in [-0.4, -0.2) is 46.7 Å². The Morgan fingerprint density at radius 3 is 2.71 bits per heavy atom. The smallest absolute Gasteiger partial charge is 0.310 e. The molecular weight excluding hydrogens is 354 g/mol. The summed E-state index contributed by atoms with van der Waals surface area (Å²) < 4.78 is 5.96. The molecule has 2 bridgehead atoms. The molecule has 0 aromatic rings. The van der Waals surface area contributed by atoms with Gasteiger partial charge in [0.15, 0.2) is 0 Å². The summed E-state index contributed by atoms with van der Waals surface area (Å²) in [5, 5.41) is 9.57. The summed E-state index contributed by atoms with van der Waals surface area (Å²) in [5.74, 6) is -2.36. The minimum Gasteiger partial charge on any atom is -0.481 e. The van der Waals surface area contributed by atoms with Crippen molar-refractivity contribution in [3.8, 4) is 0 Å². The molecule has 4 atom stereocenters. The maximum atomic E-state index is 13.0. The van der Waals surface area contributed by atoms with E-state index in [4.69, 9.17) is 4.74 Å². The lowest BCUT2D eigenvalue weighted by Crippen LogP contribution is -2.40. The predicted molar refractivity (Wildman–Crippen MR) is 109 cm³/mol. The Hall–Kier alpha value is -1.88. The SMILES string of the molecule is CC(C)=CCC/C(C)=C/CC(C)(C)CN1C[C@@]23C=C[C@@H](O2)[C@@H](C(=O)O)[C@H]3C1=O. The van der Waals surface area contributed by atoms with Crippen LogP contribution in [0.3, 0.4) is 0 Å². The largest absolute Gasteiger partial charge is 0.481 e. The van der Waals surface area contributed by atoms with Crippen molar-refractivity contribution in [1.29, 1.82) is 0 Å². The van der Waals surface area contributed by atoms with Crippen molar-refractivity contribution in [3.05, 3.63) is 35.5 Å². The second-order valence-electron chi connectivity index (χ2n) is 9.67. The zero-order chi connectivity index (χ0) is 20.7. The van der Waals surface area contributed by atoms with Crippen LogP contribution in [0.4, 0.5) is 0 Å². The molecular formula is C23H33NO4. The van der Waals surface area contributed by atoms with Crippen LogP contribution >= 0.6 is 0 Å². The monoisotopic (exact) mass is 387 g/mol. The minimum atomic E-state index is -0.939. The van der Waals surface area contributed by atoms with E-state index in [-0.39, 0.29) is 11.3 Å². The number of hydrogen-bond donors (Lipinski definition) is 1. The van der Waals surface area contributed by atoms with Crippen molar-refractivity contribution in [2.24, 2.45) is 17.3 Å². The summed E-state index contributed by atoms with van der Waals surface area (Å²) in [4.78, 5) is 26.5. The van der Waals surface area contributed by atoms with Gasteiger partial charge in [-0.15, -0.1) is 0 Å². The molecule has 1 spiro atoms. The molecule has 3 aliphatic heterocycles. The summed E-state index contributed by atoms with van der Waals surface area (Å²) in [6.45, 7) is 11.8. The van der Waals surface area contributed by atoms with Crippen molar-refractivity contribution < 1.29 is 19.4 Å². The zero-order valence-corrected chi connectivity index (χ0v) is 17.7. The molecule has 1 amide bonds. The van der Waals surface area contributed by atoms with E-state index in [0.29, 0.717) is 13.1 Å². The summed E-state index contributed by atoms with van der Waals surface area (Å²) in [6.07, 6.45) is 10.8. The molecule has 154 valence electrons. The number of carbonyl (C=O) groups is 2. The number of aliphatic carboxylic acids is 1. The number of amides is 1. The Balaban J connectivity index is 1.62. The van der Waals surface area contributed by atoms with Gasteiger partial charge in [0, 0.05) is 6.54 Å². The molecule has 3 rings (SSSR count). The van der Waals surface area contributed by atoms with Crippen LogP contribution in [0.1, 0.15) is 53.9 Å². The quantitative estimate of drug-likeness (QED) is 0.640. The van der Waals surface area contributed by atoms with Crippen LogP contribution in [0.5, 0.6) is 0 Å². The van der Waals surface area contributed by atoms with Crippen LogP contribution < -0.4 is 0 Å². The minimum absolute atomic E-state index is 0.0726. The van der Waals surface area contributed by atoms with E-state index in [2.05, 4.69) is 46.8 Å². The first-order valence-corrected chi connectivity index (χ1v) is 10.2. The summed E-state index contributed by atoms with van der Waals surface area (Å²) in [7, 11) is 0. The molecule has 1 N–H and O–H groups in total. The average Bonchev–Trinajstić information content (AvgIpc) is 3.21. The highest BCUT2D eigenvalue weighted by atomic mass is 16.5. The van der Waals surface area contributed by atoms with Crippen molar-refractivity contribution in [2.45, 2.75) is 65.6 Å². The fourth-order valence-electron chi connectivity index (χ4n) is 4.72. The van der Waals surface area contributed by atoms with Gasteiger partial charge < -0.3 is 14.7 Å². The Morgan fingerprint density at radius 1 is 1.36 bits per heavy atom. The summed E-state index contributed by atoms with van der Waals surface area (Å²) in [5.41, 5.74) is 1.89. The normalized spacial score (nSPS) is 31.5. The number of carboxylic acid groups (broad SMARTS) is 1. The van der Waals surface area contributed by atoms with Crippen molar-refractivity contribution in [3.63, 3.8) is 0 Å². The van der Waals surface area contributed by atoms with Gasteiger partial charge in [-0.3, -0.25) is 9.59 Å². The fourth-order valence-corrected chi connectivity index (χ4v) is 4.72. The number of ether oxygens (including phenoxy) is 1. The third-order valence-electron chi connectivity index (χ3n) is 6.18. The Morgan fingerprint density at radius 2 is 2.07 bits per heavy atom. The van der Waals surface area contributed by atoms with Gasteiger partial charge in [0.05, 0.1) is 18.6 Å². The molecule has 28 heavy (non-hydrogen) atoms. The first kappa shape index (κ1) is 20.8. The average molecular weight is 388 g/mol. The molecule has 0 aliphatic carbocycles. The van der Waals surface area contributed by atoms with Crippen molar-refractivity contribution in [2.75, 3.05) is 13.1 Å². The highest BCUT2D eigenvalue weighted by Gasteiger charge is 2.67. The van der Waals surface area contributed by atoms with Gasteiger partial charge in [-0.05, 0) is 45.4 Å². The predicted octanol–water partition coefficient (Wildman–Crippen LogP) is 3.96. The summed E-state index contributed by atoms with van der Waals surface area (Å²) >= 11 is 0. The van der Waals surface area contributed by atoms with Crippen molar-refractivity contribution >= 4 is 11.9 Å². The lowest BCUT2D eigenvalue weighted by molar-refractivity contribution is -0.148. The number of allylic oxidation sites excluding steroid dienone is 4. The molecule has 3 aliphatic rings. The van der Waals surface area contributed by atoms with E-state index in [1.165, 1.54) is 11.1 Å². The van der Waals surface area contributed by atoms with E-state index >= 15 is 0 Å². The molecule has 0 aromatic heterocycles. The highest BCUT2D eigenvalue weighted by molar-refractivity contribution is 5.90. The van der Waals surface area contributed by atoms with Gasteiger partial charge in [0.25, 0.3) is 0 Å². The van der Waals surface area contributed by atoms with Gasteiger partial charge in [0.1, 0.15) is 11.5 Å². The second-order valence-corrected chi connectivity index (χ2v) is 9.67. The maximum Gasteiger partial charge on any atom is 0.310 e. The highest BCUT2D eigenvalue weighted by Crippen LogP contribution is 2.52. The topological polar surface area (TPSA) is 66.8 Å². The van der Waals surface area contributed by atoms with Gasteiger partial charge in [0.2, 0.25) is 5.91 Å². The summed E-state index contributed by atoms with van der Waals surface area (Å²) in [6, 6.07) is 0. The van der Waals surface area contributed by atoms with Crippen LogP contribution in [0.15, 0.2) is 35.5 Å². The lowest BCUT2D eigenvalue weighted by Gasteiger charge is -2.31. The van der Waals surface area contributed by atoms with E-state index in [1.807, 2.05) is 17.1 Å². The van der Waals surface area contributed by atoms with Gasteiger partial charge in [-0.25, -0.2) is 0 Å². The molecule has 3 heterocycles. The first-order chi connectivity index (χ1) is 13.0. The van der Waals surface area contributed by atoms with Crippen LogP contribution in [0.2, 0.25) is 0 Å². The van der Waals surface area contributed by atoms with Gasteiger partial charge in [-0.1, -0.05) is 49.3 Å². The molecule has 0 radical (unpaired) electrons. The maximum absolute atomic E-state index is 13.0. The number of nitrogens with zero attached hydrogens (tertiary/aromatic N) is 1. The molecule has 0 aromatic carbocycles.